The van der Waals surface area contributed by atoms with Crippen LogP contribution >= 0.6 is 0 Å². The molecule has 0 aliphatic carbocycles. The van der Waals surface area contributed by atoms with E-state index in [1.54, 1.807) is 0 Å². The van der Waals surface area contributed by atoms with E-state index < -0.39 is 0 Å². The summed E-state index contributed by atoms with van der Waals surface area (Å²) in [6.45, 7) is 15.4. The van der Waals surface area contributed by atoms with Crippen LogP contribution in [0.5, 0.6) is 0 Å². The second kappa shape index (κ2) is 20.1. The minimum Gasteiger partial charge on any atom is -0.344 e. The molecule has 2 aromatic heterocycles. The van der Waals surface area contributed by atoms with Crippen LogP contribution in [-0.4, -0.2) is 90.6 Å². The Morgan fingerprint density at radius 1 is 0.603 bits per heavy atom. The third-order valence-corrected chi connectivity index (χ3v) is 13.3. The molecule has 10 heteroatoms. The van der Waals surface area contributed by atoms with Gasteiger partial charge in [0.15, 0.2) is 0 Å². The number of hydrogen-bond donors (Lipinski definition) is 2. The Hall–Kier alpha value is -5.84. The molecule has 2 N–H and O–H groups in total. The van der Waals surface area contributed by atoms with Crippen molar-refractivity contribution >= 4 is 11.8 Å². The molecule has 8 rings (SSSR count). The fourth-order valence-corrected chi connectivity index (χ4v) is 9.98. The van der Waals surface area contributed by atoms with Gasteiger partial charge in [0.05, 0.1) is 29.7 Å². The number of H-pyrrole nitrogens is 2. The second-order valence-electron chi connectivity index (χ2n) is 17.0. The lowest BCUT2D eigenvalue weighted by Crippen LogP contribution is -2.43. The number of nitrogens with zero attached hydrogens (tertiary/aromatic N) is 6. The average Bonchev–Trinajstić information content (AvgIpc) is 4.18. The molecule has 0 bridgehead atoms. The Balaban J connectivity index is 0.974. The Kier molecular flexibility index (Phi) is 14.0. The van der Waals surface area contributed by atoms with E-state index >= 15 is 0 Å². The first-order chi connectivity index (χ1) is 30.9. The lowest BCUT2D eigenvalue weighted by Gasteiger charge is -2.34. The van der Waals surface area contributed by atoms with Crippen LogP contribution in [0.1, 0.15) is 119 Å². The number of carbonyl (C=O) groups excluding carboxylic acids is 2. The van der Waals surface area contributed by atoms with Crippen molar-refractivity contribution in [2.75, 3.05) is 39.3 Å². The van der Waals surface area contributed by atoms with E-state index in [9.17, 15) is 9.59 Å². The maximum absolute atomic E-state index is 14.5. The number of carbonyl (C=O) groups is 2. The Labute approximate surface area is 373 Å². The Morgan fingerprint density at radius 2 is 1.06 bits per heavy atom. The molecular formula is C53H64N8O2. The van der Waals surface area contributed by atoms with Gasteiger partial charge < -0.3 is 19.8 Å². The van der Waals surface area contributed by atoms with Gasteiger partial charge in [0.2, 0.25) is 11.8 Å². The third kappa shape index (κ3) is 9.15. The fraction of sp³-hybridized carbons (Fsp3) is 0.396. The first kappa shape index (κ1) is 43.8. The number of hydrogen-bond acceptors (Lipinski definition) is 6. The zero-order valence-corrected chi connectivity index (χ0v) is 37.8. The quantitative estimate of drug-likeness (QED) is 0.0948. The highest BCUT2D eigenvalue weighted by Crippen LogP contribution is 2.38. The maximum atomic E-state index is 14.5. The maximum Gasteiger partial charge on any atom is 0.245 e. The summed E-state index contributed by atoms with van der Waals surface area (Å²) in [6.07, 6.45) is 7.46. The van der Waals surface area contributed by atoms with E-state index in [1.807, 2.05) is 47.5 Å². The highest BCUT2D eigenvalue weighted by molar-refractivity contribution is 5.85. The molecule has 2 amide bonds. The van der Waals surface area contributed by atoms with Gasteiger partial charge in [-0.1, -0.05) is 150 Å². The minimum atomic E-state index is -0.318. The summed E-state index contributed by atoms with van der Waals surface area (Å²) in [7, 11) is 0. The standard InChI is InChI=1S/C53H64N8O2/c1-6-19-43-47(57-51(55-43)46-25-18-35-61(46)53(63)49(59(9-4)10-5)42-22-15-12-16-23-42)40-32-28-38(29-33-40)37-26-30-39(31-27-37)44-36-54-50(56-44)45-24-17-34-60(45)52(62)48(58(7-2)8-3)41-20-13-11-14-21-41/h11-16,20-23,26-33,36,45-46,48-49H,6-10,17-19,24-25,34-35H2,1-5H3,(H,54,56)(H,55,57)/t45-,46-,48?,49?/m0/s1. The molecular weight excluding hydrogens is 781 g/mol. The van der Waals surface area contributed by atoms with Crippen molar-refractivity contribution in [1.82, 2.24) is 39.5 Å². The molecule has 328 valence electrons. The molecule has 4 aromatic carbocycles. The van der Waals surface area contributed by atoms with E-state index in [4.69, 9.17) is 9.97 Å². The van der Waals surface area contributed by atoms with Crippen LogP contribution in [0.15, 0.2) is 115 Å². The van der Waals surface area contributed by atoms with Gasteiger partial charge in [0, 0.05) is 24.3 Å². The van der Waals surface area contributed by atoms with E-state index in [-0.39, 0.29) is 36.0 Å². The highest BCUT2D eigenvalue weighted by Gasteiger charge is 2.40. The summed E-state index contributed by atoms with van der Waals surface area (Å²) in [5.41, 5.74) is 9.48. The van der Waals surface area contributed by atoms with Crippen LogP contribution in [0.3, 0.4) is 0 Å². The van der Waals surface area contributed by atoms with Gasteiger partial charge in [-0.2, -0.15) is 0 Å². The van der Waals surface area contributed by atoms with Gasteiger partial charge in [0.1, 0.15) is 23.7 Å². The van der Waals surface area contributed by atoms with E-state index in [2.05, 4.69) is 132 Å². The van der Waals surface area contributed by atoms with Crippen LogP contribution in [0.4, 0.5) is 0 Å². The molecule has 4 heterocycles. The predicted octanol–water partition coefficient (Wildman–Crippen LogP) is 10.6. The molecule has 2 aliphatic heterocycles. The van der Waals surface area contributed by atoms with Crippen molar-refractivity contribution in [2.24, 2.45) is 0 Å². The smallest absolute Gasteiger partial charge is 0.245 e. The molecule has 2 fully saturated rings. The van der Waals surface area contributed by atoms with Gasteiger partial charge in [0.25, 0.3) is 0 Å². The summed E-state index contributed by atoms with van der Waals surface area (Å²) in [5, 5.41) is 0. The van der Waals surface area contributed by atoms with Crippen molar-refractivity contribution in [1.29, 1.82) is 0 Å². The normalized spacial score (nSPS) is 17.5. The molecule has 2 aliphatic rings. The summed E-state index contributed by atoms with van der Waals surface area (Å²) in [5.74, 6) is 2.02. The van der Waals surface area contributed by atoms with Crippen LogP contribution in [-0.2, 0) is 16.0 Å². The first-order valence-corrected chi connectivity index (χ1v) is 23.4. The average molecular weight is 845 g/mol. The molecule has 6 aromatic rings. The zero-order valence-electron chi connectivity index (χ0n) is 37.8. The van der Waals surface area contributed by atoms with Crippen molar-refractivity contribution in [3.05, 3.63) is 144 Å². The SMILES string of the molecule is CCCc1[nH]c([C@@H]2CCCN2C(=O)C(c2ccccc2)N(CC)CC)nc1-c1ccc(-c2ccc(-c3cnc([C@@H]4CCCN4C(=O)C(c4ccccc4)N(CC)CC)[nH]3)cc2)cc1. The zero-order chi connectivity index (χ0) is 43.9. The number of amides is 2. The lowest BCUT2D eigenvalue weighted by molar-refractivity contribution is -0.139. The molecule has 2 saturated heterocycles. The number of aromatic amines is 2. The van der Waals surface area contributed by atoms with Crippen molar-refractivity contribution in [3.63, 3.8) is 0 Å². The van der Waals surface area contributed by atoms with Crippen molar-refractivity contribution < 1.29 is 9.59 Å². The second-order valence-corrected chi connectivity index (χ2v) is 17.0. The molecule has 10 nitrogen and oxygen atoms in total. The van der Waals surface area contributed by atoms with E-state index in [1.165, 1.54) is 0 Å². The monoisotopic (exact) mass is 845 g/mol. The third-order valence-electron chi connectivity index (χ3n) is 13.3. The fourth-order valence-electron chi connectivity index (χ4n) is 9.98. The number of benzene rings is 4. The molecule has 2 unspecified atom stereocenters. The van der Waals surface area contributed by atoms with Gasteiger partial charge in [-0.25, -0.2) is 9.97 Å². The number of aryl methyl sites for hydroxylation is 1. The van der Waals surface area contributed by atoms with Crippen LogP contribution in [0, 0.1) is 0 Å². The van der Waals surface area contributed by atoms with Crippen LogP contribution in [0.25, 0.3) is 33.6 Å². The number of likely N-dealkylation sites (tertiary alicyclic amines) is 2. The summed E-state index contributed by atoms with van der Waals surface area (Å²) >= 11 is 0. The number of aromatic nitrogens is 4. The number of rotatable bonds is 17. The van der Waals surface area contributed by atoms with Gasteiger partial charge >= 0.3 is 0 Å². The molecule has 0 spiro atoms. The molecule has 0 radical (unpaired) electrons. The predicted molar refractivity (Wildman–Crippen MR) is 253 cm³/mol. The topological polar surface area (TPSA) is 104 Å². The number of likely N-dealkylation sites (N-methyl/N-ethyl adjacent to an activating group) is 2. The number of imidazole rings is 2. The van der Waals surface area contributed by atoms with E-state index in [0.717, 1.165) is 140 Å². The summed E-state index contributed by atoms with van der Waals surface area (Å²) in [4.78, 5) is 54.8. The Morgan fingerprint density at radius 3 is 1.54 bits per heavy atom. The first-order valence-electron chi connectivity index (χ1n) is 23.4. The molecule has 4 atom stereocenters. The van der Waals surface area contributed by atoms with E-state index in [0.29, 0.717) is 0 Å². The highest BCUT2D eigenvalue weighted by atomic mass is 16.2. The van der Waals surface area contributed by atoms with Crippen molar-refractivity contribution in [2.45, 2.75) is 97.3 Å². The van der Waals surface area contributed by atoms with Gasteiger partial charge in [-0.05, 0) is 86.1 Å². The van der Waals surface area contributed by atoms with Crippen LogP contribution in [0.2, 0.25) is 0 Å². The number of nitrogens with one attached hydrogen (secondary N) is 2. The molecule has 63 heavy (non-hydrogen) atoms. The lowest BCUT2D eigenvalue weighted by atomic mass is 10.00. The van der Waals surface area contributed by atoms with Crippen molar-refractivity contribution in [3.8, 4) is 33.6 Å². The largest absolute Gasteiger partial charge is 0.344 e. The minimum absolute atomic E-state index is 0.0848. The Bertz CT molecular complexity index is 2400. The van der Waals surface area contributed by atoms with Gasteiger partial charge in [-0.3, -0.25) is 19.4 Å². The van der Waals surface area contributed by atoms with Gasteiger partial charge in [-0.15, -0.1) is 0 Å². The summed E-state index contributed by atoms with van der Waals surface area (Å²) < 4.78 is 0. The van der Waals surface area contributed by atoms with Crippen LogP contribution < -0.4 is 0 Å². The summed E-state index contributed by atoms with van der Waals surface area (Å²) in [6, 6.07) is 36.9. The molecule has 0 saturated carbocycles.